The number of H-pyrrole nitrogens is 2. The van der Waals surface area contributed by atoms with E-state index in [4.69, 9.17) is 15.0 Å². The molecule has 0 saturated heterocycles. The molecule has 2 aliphatic heterocycles. The van der Waals surface area contributed by atoms with Crippen molar-refractivity contribution < 1.29 is 0 Å². The van der Waals surface area contributed by atoms with Crippen LogP contribution < -0.4 is 0 Å². The van der Waals surface area contributed by atoms with E-state index in [-0.39, 0.29) is 0 Å². The molecule has 7 nitrogen and oxygen atoms in total. The fraction of sp³-hybridized carbons (Fsp3) is 0.163. The fourth-order valence-corrected chi connectivity index (χ4v) is 13.8. The number of aromatic nitrogens is 7. The van der Waals surface area contributed by atoms with Crippen LogP contribution in [0.5, 0.6) is 0 Å². The van der Waals surface area contributed by atoms with Crippen molar-refractivity contribution in [3.05, 3.63) is 252 Å². The Hall–Kier alpha value is -10.3. The molecule has 87 heavy (non-hydrogen) atoms. The monoisotopic (exact) mass is 1130 g/mol. The van der Waals surface area contributed by atoms with E-state index in [0.717, 1.165) is 123 Å². The highest BCUT2D eigenvalue weighted by atomic mass is 14.8. The minimum absolute atomic E-state index is 0.800. The molecule has 0 spiro atoms. The van der Waals surface area contributed by atoms with Gasteiger partial charge in [-0.25, -0.2) is 15.0 Å². The number of rotatable bonds is 7. The Balaban J connectivity index is 1.01. The van der Waals surface area contributed by atoms with Crippen LogP contribution in [0.1, 0.15) is 106 Å². The van der Waals surface area contributed by atoms with Gasteiger partial charge in [-0.1, -0.05) is 89.2 Å². The van der Waals surface area contributed by atoms with E-state index in [0.29, 0.717) is 0 Å². The van der Waals surface area contributed by atoms with Crippen molar-refractivity contribution in [2.45, 2.75) is 90.0 Å². The summed E-state index contributed by atoms with van der Waals surface area (Å²) in [7, 11) is 0. The first kappa shape index (κ1) is 55.9. The average Bonchev–Trinajstić information content (AvgIpc) is 1.86. The van der Waals surface area contributed by atoms with Crippen molar-refractivity contribution in [3.63, 3.8) is 0 Å². The summed E-state index contributed by atoms with van der Waals surface area (Å²) in [5.74, 6) is 7.26. The number of hydrogen-bond donors (Lipinski definition) is 2. The average molecular weight is 1130 g/mol. The molecule has 0 fully saturated rings. The molecule has 424 valence electrons. The number of benzene rings is 5. The summed E-state index contributed by atoms with van der Waals surface area (Å²) in [6.07, 6.45) is 12.4. The molecule has 0 saturated carbocycles. The molecule has 0 radical (unpaired) electrons. The minimum Gasteiger partial charge on any atom is -0.354 e. The third-order valence-corrected chi connectivity index (χ3v) is 17.6. The summed E-state index contributed by atoms with van der Waals surface area (Å²) >= 11 is 0. The molecule has 0 amide bonds. The van der Waals surface area contributed by atoms with Gasteiger partial charge in [-0.15, -0.1) is 0 Å². The highest BCUT2D eigenvalue weighted by Gasteiger charge is 2.24. The molecule has 8 bridgehead atoms. The number of fused-ring (bicyclic) bond motifs is 8. The van der Waals surface area contributed by atoms with Gasteiger partial charge >= 0.3 is 0 Å². The smallest absolute Gasteiger partial charge is 0.0900 e. The van der Waals surface area contributed by atoms with Crippen LogP contribution in [0.2, 0.25) is 0 Å². The SMILES string of the molecule is Cc1cc(C)c(-c2c3nc(c(-c4c(C)cc(C)cc4C)c4ccc([nH]4)c(-c4c(C)cc(C)cc4C)c4nc(c(-c5ccc(C#Cc6c(C)c(C)c(-c7cc(-c8ccccn8)nc(-c8ccccn8)c7)c(C)c6C)cc5)c5ccc2[nH]5)C=C4)C=C3)c(C)c1. The second-order valence-corrected chi connectivity index (χ2v) is 24.0. The first-order valence-corrected chi connectivity index (χ1v) is 30.0. The third kappa shape index (κ3) is 10.2. The number of pyridine rings is 3. The van der Waals surface area contributed by atoms with Crippen molar-refractivity contribution in [2.24, 2.45) is 0 Å². The van der Waals surface area contributed by atoms with Gasteiger partial charge in [0.25, 0.3) is 0 Å². The summed E-state index contributed by atoms with van der Waals surface area (Å²) in [6.45, 7) is 28.6. The van der Waals surface area contributed by atoms with Crippen molar-refractivity contribution in [3.8, 4) is 90.3 Å². The molecular weight excluding hydrogens is 1060 g/mol. The summed E-state index contributed by atoms with van der Waals surface area (Å²) in [6, 6.07) is 47.4. The first-order chi connectivity index (χ1) is 42.0. The zero-order chi connectivity index (χ0) is 60.5. The Morgan fingerprint density at radius 1 is 0.299 bits per heavy atom. The van der Waals surface area contributed by atoms with Gasteiger partial charge in [-0.05, 0) is 276 Å². The van der Waals surface area contributed by atoms with Crippen LogP contribution in [-0.4, -0.2) is 34.9 Å². The highest BCUT2D eigenvalue weighted by molar-refractivity contribution is 6.01. The molecular formula is C80H69N7. The predicted octanol–water partition coefficient (Wildman–Crippen LogP) is 19.9. The molecule has 11 aromatic rings. The standard InChI is InChI=1S/C80H69N7/c1-44-36-47(4)73(48(5)37-44)78-65-28-26-63(83-65)77(58-23-20-57(21-24-58)22-25-60-53(10)55(12)76(56(13)54(60)11)59-42-71(61-18-14-16-34-81-61)87-72(43-59)62-19-15-17-35-82-62)64-27-29-66(84-64)79(74-49(6)38-45(2)39-50(74)7)68-31-33-70(86-68)80(69-32-30-67(78)85-69)75-51(8)40-46(3)41-52(75)9/h14-21,23-24,26-43,83,86H,1-13H3. The molecule has 8 heterocycles. The highest BCUT2D eigenvalue weighted by Crippen LogP contribution is 2.43. The van der Waals surface area contributed by atoms with Crippen LogP contribution in [0.4, 0.5) is 0 Å². The summed E-state index contributed by atoms with van der Waals surface area (Å²) in [5.41, 5.74) is 39.1. The van der Waals surface area contributed by atoms with Gasteiger partial charge in [0.2, 0.25) is 0 Å². The van der Waals surface area contributed by atoms with Gasteiger partial charge in [0.1, 0.15) is 0 Å². The van der Waals surface area contributed by atoms with Gasteiger partial charge in [-0.2, -0.15) is 0 Å². The summed E-state index contributed by atoms with van der Waals surface area (Å²) < 4.78 is 0. The van der Waals surface area contributed by atoms with E-state index in [1.807, 2.05) is 48.8 Å². The van der Waals surface area contributed by atoms with Crippen LogP contribution in [0.25, 0.3) is 125 Å². The van der Waals surface area contributed by atoms with Crippen molar-refractivity contribution >= 4 is 46.4 Å². The number of nitrogens with one attached hydrogen (secondary N) is 2. The minimum atomic E-state index is 0.800. The number of aryl methyl sites for hydroxylation is 9. The first-order valence-electron chi connectivity index (χ1n) is 30.0. The third-order valence-electron chi connectivity index (χ3n) is 17.6. The van der Waals surface area contributed by atoms with Crippen molar-refractivity contribution in [1.82, 2.24) is 34.9 Å². The maximum atomic E-state index is 5.69. The number of hydrogen-bond acceptors (Lipinski definition) is 5. The topological polar surface area (TPSA) is 96.0 Å². The number of aromatic amines is 2. The Labute approximate surface area is 510 Å². The zero-order valence-electron chi connectivity index (χ0n) is 51.9. The normalized spacial score (nSPS) is 11.8. The molecule has 2 aliphatic rings. The van der Waals surface area contributed by atoms with Crippen LogP contribution in [0, 0.1) is 102 Å². The van der Waals surface area contributed by atoms with E-state index in [9.17, 15) is 0 Å². The molecule has 2 N–H and O–H groups in total. The maximum Gasteiger partial charge on any atom is 0.0900 e. The fourth-order valence-electron chi connectivity index (χ4n) is 13.8. The molecule has 6 aromatic heterocycles. The van der Waals surface area contributed by atoms with Crippen molar-refractivity contribution in [1.29, 1.82) is 0 Å². The predicted molar refractivity (Wildman–Crippen MR) is 364 cm³/mol. The molecule has 0 unspecified atom stereocenters. The van der Waals surface area contributed by atoms with Gasteiger partial charge in [0, 0.05) is 67.8 Å². The lowest BCUT2D eigenvalue weighted by atomic mass is 9.85. The number of nitrogens with zero attached hydrogens (tertiary/aromatic N) is 5. The Bertz CT molecular complexity index is 4770. The van der Waals surface area contributed by atoms with Crippen LogP contribution in [0.15, 0.2) is 146 Å². The van der Waals surface area contributed by atoms with Crippen molar-refractivity contribution in [2.75, 3.05) is 0 Å². The maximum absolute atomic E-state index is 5.69. The lowest BCUT2D eigenvalue weighted by Crippen LogP contribution is -2.02. The quantitative estimate of drug-likeness (QED) is 0.155. The summed E-state index contributed by atoms with van der Waals surface area (Å²) in [4.78, 5) is 33.8. The largest absolute Gasteiger partial charge is 0.354 e. The van der Waals surface area contributed by atoms with Crippen LogP contribution >= 0.6 is 0 Å². The van der Waals surface area contributed by atoms with Gasteiger partial charge in [0.05, 0.1) is 45.6 Å². The molecule has 0 aliphatic carbocycles. The second kappa shape index (κ2) is 22.3. The Morgan fingerprint density at radius 3 is 1.03 bits per heavy atom. The van der Waals surface area contributed by atoms with E-state index in [1.165, 1.54) is 83.5 Å². The zero-order valence-corrected chi connectivity index (χ0v) is 51.9. The van der Waals surface area contributed by atoms with Crippen LogP contribution in [-0.2, 0) is 0 Å². The lowest BCUT2D eigenvalue weighted by Gasteiger charge is -2.19. The van der Waals surface area contributed by atoms with E-state index in [2.05, 4.69) is 243 Å². The Morgan fingerprint density at radius 2 is 0.667 bits per heavy atom. The molecule has 7 heteroatoms. The van der Waals surface area contributed by atoms with Gasteiger partial charge < -0.3 is 9.97 Å². The van der Waals surface area contributed by atoms with Crippen LogP contribution in [0.3, 0.4) is 0 Å². The Kier molecular flexibility index (Phi) is 14.3. The molecule has 5 aromatic carbocycles. The summed E-state index contributed by atoms with van der Waals surface area (Å²) in [5, 5.41) is 0. The van der Waals surface area contributed by atoms with Gasteiger partial charge in [-0.3, -0.25) is 9.97 Å². The van der Waals surface area contributed by atoms with E-state index >= 15 is 0 Å². The van der Waals surface area contributed by atoms with Gasteiger partial charge in [0.15, 0.2) is 0 Å². The van der Waals surface area contributed by atoms with E-state index < -0.39 is 0 Å². The second-order valence-electron chi connectivity index (χ2n) is 24.0. The lowest BCUT2D eigenvalue weighted by molar-refractivity contribution is 1.20. The molecule has 0 atom stereocenters. The van der Waals surface area contributed by atoms with E-state index in [1.54, 1.807) is 0 Å². The molecule has 13 rings (SSSR count).